The van der Waals surface area contributed by atoms with E-state index in [1.165, 1.54) is 19.3 Å². The van der Waals surface area contributed by atoms with Gasteiger partial charge in [0.15, 0.2) is 0 Å². The van der Waals surface area contributed by atoms with E-state index in [9.17, 15) is 5.21 Å². The molecule has 4 nitrogen and oxygen atoms in total. The van der Waals surface area contributed by atoms with Gasteiger partial charge in [-0.25, -0.2) is 0 Å². The summed E-state index contributed by atoms with van der Waals surface area (Å²) in [5, 5.41) is 12.8. The first kappa shape index (κ1) is 10.5. The monoisotopic (exact) mass is 223 g/mol. The predicted molar refractivity (Wildman–Crippen MR) is 62.9 cm³/mol. The molecule has 2 bridgehead atoms. The molecule has 1 aliphatic heterocycles. The van der Waals surface area contributed by atoms with E-state index in [-0.39, 0.29) is 0 Å². The minimum atomic E-state index is 0.456. The van der Waals surface area contributed by atoms with Crippen molar-refractivity contribution in [2.24, 2.45) is 17.0 Å². The molecular weight excluding hydrogens is 202 g/mol. The third kappa shape index (κ3) is 1.55. The van der Waals surface area contributed by atoms with Gasteiger partial charge in [0, 0.05) is 32.1 Å². The van der Waals surface area contributed by atoms with E-state index in [4.69, 9.17) is 0 Å². The van der Waals surface area contributed by atoms with Gasteiger partial charge in [-0.05, 0) is 32.2 Å². The molecule has 1 heterocycles. The van der Waals surface area contributed by atoms with Crippen molar-refractivity contribution in [3.63, 3.8) is 0 Å². The fourth-order valence-electron chi connectivity index (χ4n) is 3.78. The predicted octanol–water partition coefficient (Wildman–Crippen LogP) is 0.862. The number of nitrogens with zero attached hydrogens (tertiary/aromatic N) is 3. The van der Waals surface area contributed by atoms with Gasteiger partial charge in [-0.2, -0.15) is 0 Å². The van der Waals surface area contributed by atoms with Crippen molar-refractivity contribution < 1.29 is 5.21 Å². The molecule has 0 radical (unpaired) electrons. The third-order valence-electron chi connectivity index (χ3n) is 4.69. The quantitative estimate of drug-likeness (QED) is 0.529. The van der Waals surface area contributed by atoms with Crippen molar-refractivity contribution in [2.45, 2.75) is 25.3 Å². The smallest absolute Gasteiger partial charge is 0.0775 e. The zero-order valence-electron chi connectivity index (χ0n) is 9.97. The minimum absolute atomic E-state index is 0.456. The molecule has 3 aliphatic rings. The number of rotatable bonds is 1. The lowest BCUT2D eigenvalue weighted by molar-refractivity contribution is 0.114. The molecular formula is C12H21N3O. The first-order valence-electron chi connectivity index (χ1n) is 6.44. The number of fused-ring (bicyclic) bond motifs is 2. The molecule has 0 aromatic carbocycles. The van der Waals surface area contributed by atoms with E-state index >= 15 is 0 Å². The minimum Gasteiger partial charge on any atom is -0.411 e. The Labute approximate surface area is 96.9 Å². The molecule has 0 spiro atoms. The van der Waals surface area contributed by atoms with E-state index in [2.05, 4.69) is 22.0 Å². The lowest BCUT2D eigenvalue weighted by Crippen LogP contribution is -2.53. The maximum absolute atomic E-state index is 9.19. The fraction of sp³-hybridized carbons (Fsp3) is 0.917. The zero-order valence-corrected chi connectivity index (χ0v) is 9.97. The van der Waals surface area contributed by atoms with Crippen molar-refractivity contribution in [1.29, 1.82) is 0 Å². The van der Waals surface area contributed by atoms with Crippen molar-refractivity contribution in [3.8, 4) is 0 Å². The summed E-state index contributed by atoms with van der Waals surface area (Å²) in [6.07, 6.45) is 3.84. The second kappa shape index (κ2) is 4.00. The highest BCUT2D eigenvalue weighted by Crippen LogP contribution is 2.45. The zero-order chi connectivity index (χ0) is 11.1. The van der Waals surface area contributed by atoms with E-state index < -0.39 is 0 Å². The molecule has 3 atom stereocenters. The molecule has 2 saturated carbocycles. The SMILES string of the molecule is CN1CCN([C@H]2/C(=N/O)[C@H]3CC[C@H]2C3)CC1. The second-order valence-electron chi connectivity index (χ2n) is 5.58. The van der Waals surface area contributed by atoms with Gasteiger partial charge >= 0.3 is 0 Å². The Bertz CT molecular complexity index is 297. The summed E-state index contributed by atoms with van der Waals surface area (Å²) in [7, 11) is 2.18. The Hall–Kier alpha value is -0.610. The molecule has 0 aromatic heterocycles. The van der Waals surface area contributed by atoms with Crippen molar-refractivity contribution in [2.75, 3.05) is 33.2 Å². The molecule has 4 heteroatoms. The Balaban J connectivity index is 1.74. The lowest BCUT2D eigenvalue weighted by atomic mass is 9.91. The summed E-state index contributed by atoms with van der Waals surface area (Å²) >= 11 is 0. The number of hydrogen-bond donors (Lipinski definition) is 1. The number of hydrogen-bond acceptors (Lipinski definition) is 4. The molecule has 0 unspecified atom stereocenters. The summed E-state index contributed by atoms with van der Waals surface area (Å²) < 4.78 is 0. The van der Waals surface area contributed by atoms with Crippen LogP contribution in [0.5, 0.6) is 0 Å². The van der Waals surface area contributed by atoms with E-state index in [0.717, 1.165) is 37.8 Å². The molecule has 1 N–H and O–H groups in total. The topological polar surface area (TPSA) is 39.1 Å². The fourth-order valence-corrected chi connectivity index (χ4v) is 3.78. The van der Waals surface area contributed by atoms with E-state index in [1.54, 1.807) is 0 Å². The van der Waals surface area contributed by atoms with Crippen LogP contribution >= 0.6 is 0 Å². The Morgan fingerprint density at radius 3 is 2.62 bits per heavy atom. The lowest BCUT2D eigenvalue weighted by Gasteiger charge is -2.39. The average molecular weight is 223 g/mol. The number of oxime groups is 1. The van der Waals surface area contributed by atoms with Crippen LogP contribution in [0.15, 0.2) is 5.16 Å². The normalized spacial score (nSPS) is 43.3. The van der Waals surface area contributed by atoms with Gasteiger partial charge in [0.25, 0.3) is 0 Å². The van der Waals surface area contributed by atoms with Crippen molar-refractivity contribution in [3.05, 3.63) is 0 Å². The maximum Gasteiger partial charge on any atom is 0.0775 e. The molecule has 1 saturated heterocycles. The van der Waals surface area contributed by atoms with Gasteiger partial charge < -0.3 is 10.1 Å². The van der Waals surface area contributed by atoms with E-state index in [1.807, 2.05) is 0 Å². The second-order valence-corrected chi connectivity index (χ2v) is 5.58. The van der Waals surface area contributed by atoms with Crippen LogP contribution in [0.1, 0.15) is 19.3 Å². The number of likely N-dealkylation sites (N-methyl/N-ethyl adjacent to an activating group) is 1. The first-order chi connectivity index (χ1) is 7.79. The van der Waals surface area contributed by atoms with Crippen molar-refractivity contribution in [1.82, 2.24) is 9.80 Å². The molecule has 16 heavy (non-hydrogen) atoms. The average Bonchev–Trinajstić information content (AvgIpc) is 2.89. The van der Waals surface area contributed by atoms with Crippen LogP contribution in [0.4, 0.5) is 0 Å². The Morgan fingerprint density at radius 2 is 1.94 bits per heavy atom. The highest BCUT2D eigenvalue weighted by Gasteiger charge is 2.48. The highest BCUT2D eigenvalue weighted by atomic mass is 16.4. The molecule has 90 valence electrons. The van der Waals surface area contributed by atoms with Crippen LogP contribution in [0, 0.1) is 11.8 Å². The van der Waals surface area contributed by atoms with Crippen LogP contribution < -0.4 is 0 Å². The Kier molecular flexibility index (Phi) is 2.64. The van der Waals surface area contributed by atoms with Crippen molar-refractivity contribution >= 4 is 5.71 Å². The van der Waals surface area contributed by atoms with Gasteiger partial charge in [-0.1, -0.05) is 5.16 Å². The molecule has 3 rings (SSSR count). The van der Waals surface area contributed by atoms with Gasteiger partial charge in [0.1, 0.15) is 0 Å². The van der Waals surface area contributed by atoms with Crippen LogP contribution in [0.3, 0.4) is 0 Å². The van der Waals surface area contributed by atoms with E-state index in [0.29, 0.717) is 12.0 Å². The summed E-state index contributed by atoms with van der Waals surface area (Å²) in [6, 6.07) is 0.456. The van der Waals surface area contributed by atoms with Crippen LogP contribution in [-0.2, 0) is 0 Å². The highest BCUT2D eigenvalue weighted by molar-refractivity contribution is 5.94. The molecule has 0 aromatic rings. The molecule has 2 aliphatic carbocycles. The summed E-state index contributed by atoms with van der Waals surface area (Å²) in [6.45, 7) is 4.55. The first-order valence-corrected chi connectivity index (χ1v) is 6.44. The maximum atomic E-state index is 9.19. The molecule has 0 amide bonds. The van der Waals surface area contributed by atoms with Gasteiger partial charge in [0.2, 0.25) is 0 Å². The van der Waals surface area contributed by atoms with Gasteiger partial charge in [0.05, 0.1) is 11.8 Å². The largest absolute Gasteiger partial charge is 0.411 e. The van der Waals surface area contributed by atoms with Crippen LogP contribution in [0.25, 0.3) is 0 Å². The standard InChI is InChI=1S/C12H21N3O/c1-14-4-6-15(7-5-14)12-10-3-2-9(8-10)11(12)13-16/h9-10,12,16H,2-8H2,1H3/b13-11+/t9-,10-,12+/m0/s1. The summed E-state index contributed by atoms with van der Waals surface area (Å²) in [5.41, 5.74) is 1.08. The summed E-state index contributed by atoms with van der Waals surface area (Å²) in [4.78, 5) is 4.92. The number of piperazine rings is 1. The molecule has 3 fully saturated rings. The Morgan fingerprint density at radius 1 is 1.19 bits per heavy atom. The van der Waals surface area contributed by atoms with Crippen LogP contribution in [0.2, 0.25) is 0 Å². The third-order valence-corrected chi connectivity index (χ3v) is 4.69. The van der Waals surface area contributed by atoms with Crippen LogP contribution in [-0.4, -0.2) is 60.0 Å². The van der Waals surface area contributed by atoms with Gasteiger partial charge in [-0.15, -0.1) is 0 Å². The summed E-state index contributed by atoms with van der Waals surface area (Å²) in [5.74, 6) is 1.35. The van der Waals surface area contributed by atoms with Gasteiger partial charge in [-0.3, -0.25) is 4.90 Å².